The topological polar surface area (TPSA) is 123 Å². The second-order valence-electron chi connectivity index (χ2n) is 2.28. The summed E-state index contributed by atoms with van der Waals surface area (Å²) in [7, 11) is -3.57. The Morgan fingerprint density at radius 1 is 1.50 bits per heavy atom. The number of hydrogen-bond acceptors (Lipinski definition) is 5. The third kappa shape index (κ3) is 2.43. The van der Waals surface area contributed by atoms with Gasteiger partial charge in [0.2, 0.25) is 0 Å². The molecule has 0 aromatic heterocycles. The van der Waals surface area contributed by atoms with Gasteiger partial charge >= 0.3 is 5.97 Å². The fraction of sp³-hybridized carbons (Fsp3) is 0.800. The molecule has 1 unspecified atom stereocenters. The monoisotopic (exact) mass is 196 g/mol. The highest BCUT2D eigenvalue weighted by atomic mass is 32.2. The SMILES string of the molecule is CCS(=O)(=O)[C@H](N)C(N)C(=O)O. The molecule has 0 spiro atoms. The summed E-state index contributed by atoms with van der Waals surface area (Å²) in [5, 5.41) is 6.81. The van der Waals surface area contributed by atoms with Crippen molar-refractivity contribution in [1.82, 2.24) is 0 Å². The predicted octanol–water partition coefficient (Wildman–Crippen LogP) is -1.88. The molecule has 0 aromatic carbocycles. The van der Waals surface area contributed by atoms with Crippen LogP contribution in [0.2, 0.25) is 0 Å². The maximum atomic E-state index is 11.0. The molecule has 5 N–H and O–H groups in total. The van der Waals surface area contributed by atoms with Crippen molar-refractivity contribution in [2.75, 3.05) is 5.75 Å². The van der Waals surface area contributed by atoms with E-state index in [1.807, 2.05) is 0 Å². The maximum absolute atomic E-state index is 11.0. The minimum Gasteiger partial charge on any atom is -0.480 e. The average Bonchev–Trinajstić information content (AvgIpc) is 2.01. The first-order valence-corrected chi connectivity index (χ1v) is 5.00. The zero-order valence-electron chi connectivity index (χ0n) is 6.60. The molecule has 0 rings (SSSR count). The lowest BCUT2D eigenvalue weighted by Gasteiger charge is -2.14. The number of nitrogens with two attached hydrogens (primary N) is 2. The van der Waals surface area contributed by atoms with Crippen LogP contribution in [-0.2, 0) is 14.6 Å². The minimum absolute atomic E-state index is 0.213. The van der Waals surface area contributed by atoms with Crippen LogP contribution in [-0.4, -0.2) is 36.7 Å². The highest BCUT2D eigenvalue weighted by Crippen LogP contribution is 1.99. The van der Waals surface area contributed by atoms with Crippen LogP contribution in [0.3, 0.4) is 0 Å². The number of carboxylic acid groups (broad SMARTS) is 1. The van der Waals surface area contributed by atoms with Gasteiger partial charge in [-0.3, -0.25) is 4.79 Å². The lowest BCUT2D eigenvalue weighted by Crippen LogP contribution is -2.51. The highest BCUT2D eigenvalue weighted by Gasteiger charge is 2.30. The van der Waals surface area contributed by atoms with E-state index in [9.17, 15) is 13.2 Å². The lowest BCUT2D eigenvalue weighted by molar-refractivity contribution is -0.138. The van der Waals surface area contributed by atoms with Crippen LogP contribution in [0.4, 0.5) is 0 Å². The molecule has 2 atom stereocenters. The summed E-state index contributed by atoms with van der Waals surface area (Å²) in [6, 6.07) is -1.56. The van der Waals surface area contributed by atoms with E-state index in [0.717, 1.165) is 0 Å². The van der Waals surface area contributed by atoms with Gasteiger partial charge in [-0.25, -0.2) is 8.42 Å². The van der Waals surface area contributed by atoms with E-state index in [1.54, 1.807) is 0 Å². The molecule has 6 nitrogen and oxygen atoms in total. The normalized spacial score (nSPS) is 16.9. The van der Waals surface area contributed by atoms with Crippen LogP contribution < -0.4 is 11.5 Å². The van der Waals surface area contributed by atoms with Gasteiger partial charge < -0.3 is 16.6 Å². The molecule has 7 heteroatoms. The molecular formula is C5H12N2O4S. The molecule has 0 aliphatic rings. The van der Waals surface area contributed by atoms with Gasteiger partial charge in [0.25, 0.3) is 0 Å². The first-order valence-electron chi connectivity index (χ1n) is 3.28. The van der Waals surface area contributed by atoms with E-state index < -0.39 is 27.2 Å². The summed E-state index contributed by atoms with van der Waals surface area (Å²) in [4.78, 5) is 10.2. The number of rotatable bonds is 4. The third-order valence-electron chi connectivity index (χ3n) is 1.46. The molecule has 12 heavy (non-hydrogen) atoms. The van der Waals surface area contributed by atoms with Crippen molar-refractivity contribution in [2.24, 2.45) is 11.5 Å². The number of aliphatic carboxylic acids is 1. The average molecular weight is 196 g/mol. The Balaban J connectivity index is 4.61. The van der Waals surface area contributed by atoms with E-state index in [-0.39, 0.29) is 5.75 Å². The fourth-order valence-corrected chi connectivity index (χ4v) is 1.50. The van der Waals surface area contributed by atoms with Crippen LogP contribution in [0.25, 0.3) is 0 Å². The molecule has 0 radical (unpaired) electrons. The molecule has 0 aliphatic carbocycles. The summed E-state index contributed by atoms with van der Waals surface area (Å²) in [5.41, 5.74) is 10.1. The summed E-state index contributed by atoms with van der Waals surface area (Å²) >= 11 is 0. The number of sulfone groups is 1. The quantitative estimate of drug-likeness (QED) is 0.483. The molecular weight excluding hydrogens is 184 g/mol. The molecule has 0 heterocycles. The Hall–Kier alpha value is -0.660. The van der Waals surface area contributed by atoms with E-state index in [0.29, 0.717) is 0 Å². The van der Waals surface area contributed by atoms with Gasteiger partial charge in [-0.15, -0.1) is 0 Å². The molecule has 0 amide bonds. The van der Waals surface area contributed by atoms with E-state index >= 15 is 0 Å². The van der Waals surface area contributed by atoms with Crippen LogP contribution in [0, 0.1) is 0 Å². The van der Waals surface area contributed by atoms with E-state index in [1.165, 1.54) is 6.92 Å². The Morgan fingerprint density at radius 2 is 1.92 bits per heavy atom. The van der Waals surface area contributed by atoms with E-state index in [2.05, 4.69) is 0 Å². The van der Waals surface area contributed by atoms with Crippen molar-refractivity contribution in [3.63, 3.8) is 0 Å². The molecule has 0 aromatic rings. The first kappa shape index (κ1) is 11.3. The smallest absolute Gasteiger partial charge is 0.323 e. The van der Waals surface area contributed by atoms with Crippen molar-refractivity contribution < 1.29 is 18.3 Å². The summed E-state index contributed by atoms with van der Waals surface area (Å²) < 4.78 is 22.0. The van der Waals surface area contributed by atoms with Gasteiger partial charge in [-0.1, -0.05) is 6.92 Å². The van der Waals surface area contributed by atoms with Crippen LogP contribution in [0.1, 0.15) is 6.92 Å². The number of carboxylic acids is 1. The minimum atomic E-state index is -3.57. The maximum Gasteiger partial charge on any atom is 0.323 e. The van der Waals surface area contributed by atoms with Crippen molar-refractivity contribution in [3.05, 3.63) is 0 Å². The largest absolute Gasteiger partial charge is 0.480 e. The predicted molar refractivity (Wildman–Crippen MR) is 43.0 cm³/mol. The third-order valence-corrected chi connectivity index (χ3v) is 3.38. The molecule has 0 saturated heterocycles. The molecule has 0 bridgehead atoms. The zero-order chi connectivity index (χ0) is 9.94. The van der Waals surface area contributed by atoms with Gasteiger partial charge in [0.05, 0.1) is 0 Å². The Labute approximate surface area is 70.5 Å². The molecule has 0 aliphatic heterocycles. The fourth-order valence-electron chi connectivity index (χ4n) is 0.556. The first-order chi connectivity index (χ1) is 5.33. The molecule has 72 valence electrons. The zero-order valence-corrected chi connectivity index (χ0v) is 7.41. The molecule has 0 fully saturated rings. The Bertz CT molecular complexity index is 261. The summed E-state index contributed by atoms with van der Waals surface area (Å²) in [6.07, 6.45) is 0. The second kappa shape index (κ2) is 3.83. The summed E-state index contributed by atoms with van der Waals surface area (Å²) in [5.74, 6) is -1.63. The van der Waals surface area contributed by atoms with Crippen molar-refractivity contribution in [2.45, 2.75) is 18.3 Å². The van der Waals surface area contributed by atoms with Crippen LogP contribution in [0.5, 0.6) is 0 Å². The van der Waals surface area contributed by atoms with Crippen molar-refractivity contribution in [3.8, 4) is 0 Å². The highest BCUT2D eigenvalue weighted by molar-refractivity contribution is 7.92. The number of carbonyl (C=O) groups is 1. The van der Waals surface area contributed by atoms with E-state index in [4.69, 9.17) is 16.6 Å². The molecule has 0 saturated carbocycles. The van der Waals surface area contributed by atoms with Crippen LogP contribution >= 0.6 is 0 Å². The second-order valence-corrected chi connectivity index (χ2v) is 4.73. The van der Waals surface area contributed by atoms with Crippen molar-refractivity contribution >= 4 is 15.8 Å². The van der Waals surface area contributed by atoms with Crippen molar-refractivity contribution in [1.29, 1.82) is 0 Å². The van der Waals surface area contributed by atoms with Gasteiger partial charge in [0.1, 0.15) is 11.4 Å². The lowest BCUT2D eigenvalue weighted by atomic mass is 10.3. The van der Waals surface area contributed by atoms with Gasteiger partial charge in [-0.05, 0) is 0 Å². The van der Waals surface area contributed by atoms with Gasteiger partial charge in [0, 0.05) is 5.75 Å². The van der Waals surface area contributed by atoms with Gasteiger partial charge in [-0.2, -0.15) is 0 Å². The Kier molecular flexibility index (Phi) is 3.62. The summed E-state index contributed by atoms with van der Waals surface area (Å²) in [6.45, 7) is 1.38. The number of hydrogen-bond donors (Lipinski definition) is 3. The Morgan fingerprint density at radius 3 is 2.17 bits per heavy atom. The van der Waals surface area contributed by atoms with Crippen LogP contribution in [0.15, 0.2) is 0 Å². The standard InChI is InChI=1S/C5H12N2O4S/c1-2-12(10,11)4(7)3(6)5(8)9/h3-4H,2,6-7H2,1H3,(H,8,9)/t3?,4-/m0/s1. The van der Waals surface area contributed by atoms with Gasteiger partial charge in [0.15, 0.2) is 9.84 Å².